The zero-order valence-corrected chi connectivity index (χ0v) is 20.2. The summed E-state index contributed by atoms with van der Waals surface area (Å²) in [5.74, 6) is -1.66. The molecule has 0 fully saturated rings. The molecule has 4 rings (SSSR count). The van der Waals surface area contributed by atoms with Crippen LogP contribution in [0, 0.1) is 15.9 Å². The van der Waals surface area contributed by atoms with Crippen LogP contribution in [0.2, 0.25) is 0 Å². The van der Waals surface area contributed by atoms with E-state index in [0.29, 0.717) is 16.6 Å². The third-order valence-electron chi connectivity index (χ3n) is 5.78. The van der Waals surface area contributed by atoms with Crippen molar-refractivity contribution < 1.29 is 27.6 Å². The fourth-order valence-corrected chi connectivity index (χ4v) is 5.08. The van der Waals surface area contributed by atoms with Crippen molar-refractivity contribution in [2.45, 2.75) is 10.9 Å². The number of nitrogens with one attached hydrogen (secondary N) is 1. The summed E-state index contributed by atoms with van der Waals surface area (Å²) in [5.41, 5.74) is 0.922. The molecule has 0 amide bonds. The molecule has 1 unspecified atom stereocenters. The molecule has 12 heteroatoms. The fraction of sp³-hybridized carbons (Fsp3) is 0.120. The predicted octanol–water partition coefficient (Wildman–Crippen LogP) is 4.45. The van der Waals surface area contributed by atoms with Crippen LogP contribution in [0.3, 0.4) is 0 Å². The largest absolute Gasteiger partial charge is 0.478 e. The molecule has 0 saturated carbocycles. The molecule has 1 heterocycles. The smallest absolute Gasteiger partial charge is 0.337 e. The number of benzene rings is 3. The van der Waals surface area contributed by atoms with Crippen LogP contribution in [0.15, 0.2) is 83.9 Å². The van der Waals surface area contributed by atoms with Crippen molar-refractivity contribution in [1.82, 2.24) is 9.29 Å². The van der Waals surface area contributed by atoms with Crippen molar-refractivity contribution in [1.29, 1.82) is 0 Å². The van der Waals surface area contributed by atoms with Crippen molar-refractivity contribution in [3.8, 4) is 0 Å². The standard InChI is InChI=1S/C25H21FN4O6S/c1-29(37(35,36)19-9-7-18(8-10-19)30(33)34)15-23(16-4-2-5-17(26)14-16)28-22-12-11-21(25(31)32)24-20(22)6-3-13-27-24/h2-14,23,28H,15H2,1H3,(H,31,32). The van der Waals surface area contributed by atoms with Gasteiger partial charge < -0.3 is 10.4 Å². The second-order valence-corrected chi connectivity index (χ2v) is 10.2. The number of carboxylic acids is 1. The Labute approximate surface area is 211 Å². The molecule has 1 aromatic heterocycles. The van der Waals surface area contributed by atoms with E-state index in [9.17, 15) is 32.8 Å². The Bertz CT molecular complexity index is 1590. The van der Waals surface area contributed by atoms with Gasteiger partial charge in [0.1, 0.15) is 5.82 Å². The van der Waals surface area contributed by atoms with E-state index in [4.69, 9.17) is 0 Å². The second kappa shape index (κ2) is 10.3. The average Bonchev–Trinajstić information content (AvgIpc) is 2.88. The van der Waals surface area contributed by atoms with E-state index in [2.05, 4.69) is 10.3 Å². The normalized spacial score (nSPS) is 12.4. The van der Waals surface area contributed by atoms with Gasteiger partial charge in [0.25, 0.3) is 5.69 Å². The Morgan fingerprint density at radius 3 is 2.51 bits per heavy atom. The van der Waals surface area contributed by atoms with Crippen molar-refractivity contribution in [2.75, 3.05) is 18.9 Å². The summed E-state index contributed by atoms with van der Waals surface area (Å²) < 4.78 is 41.6. The summed E-state index contributed by atoms with van der Waals surface area (Å²) in [5, 5.41) is 24.1. The van der Waals surface area contributed by atoms with Crippen LogP contribution in [0.25, 0.3) is 10.9 Å². The minimum absolute atomic E-state index is 0.00122. The van der Waals surface area contributed by atoms with Gasteiger partial charge in [-0.3, -0.25) is 15.1 Å². The van der Waals surface area contributed by atoms with Gasteiger partial charge in [-0.1, -0.05) is 12.1 Å². The van der Waals surface area contributed by atoms with E-state index < -0.39 is 32.8 Å². The molecule has 190 valence electrons. The Balaban J connectivity index is 1.71. The number of carbonyl (C=O) groups is 1. The van der Waals surface area contributed by atoms with E-state index in [0.717, 1.165) is 28.6 Å². The van der Waals surface area contributed by atoms with Crippen LogP contribution in [0.1, 0.15) is 22.0 Å². The first-order chi connectivity index (χ1) is 17.6. The summed E-state index contributed by atoms with van der Waals surface area (Å²) in [6, 6.07) is 15.7. The van der Waals surface area contributed by atoms with Gasteiger partial charge in [0.15, 0.2) is 0 Å². The summed E-state index contributed by atoms with van der Waals surface area (Å²) in [6.07, 6.45) is 1.47. The predicted molar refractivity (Wildman–Crippen MR) is 134 cm³/mol. The van der Waals surface area contributed by atoms with Gasteiger partial charge in [-0.15, -0.1) is 0 Å². The lowest BCUT2D eigenvalue weighted by atomic mass is 10.0. The number of nitro groups is 1. The third-order valence-corrected chi connectivity index (χ3v) is 7.61. The number of pyridine rings is 1. The zero-order valence-electron chi connectivity index (χ0n) is 19.4. The molecule has 0 bridgehead atoms. The van der Waals surface area contributed by atoms with Gasteiger partial charge in [0.2, 0.25) is 10.0 Å². The molecular formula is C25H21FN4O6S. The number of rotatable bonds is 9. The van der Waals surface area contributed by atoms with E-state index in [-0.39, 0.29) is 28.2 Å². The number of aromatic carboxylic acids is 1. The average molecular weight is 525 g/mol. The lowest BCUT2D eigenvalue weighted by Gasteiger charge is -2.26. The number of likely N-dealkylation sites (N-methyl/N-ethyl adjacent to an activating group) is 1. The number of non-ortho nitro benzene ring substituents is 1. The van der Waals surface area contributed by atoms with Crippen LogP contribution < -0.4 is 5.32 Å². The van der Waals surface area contributed by atoms with Crippen LogP contribution in [-0.2, 0) is 10.0 Å². The Morgan fingerprint density at radius 2 is 1.86 bits per heavy atom. The fourth-order valence-electron chi connectivity index (χ4n) is 3.89. The Morgan fingerprint density at radius 1 is 1.14 bits per heavy atom. The first-order valence-corrected chi connectivity index (χ1v) is 12.4. The van der Waals surface area contributed by atoms with Gasteiger partial charge in [-0.2, -0.15) is 4.31 Å². The number of nitrogens with zero attached hydrogens (tertiary/aromatic N) is 3. The molecule has 0 aliphatic heterocycles. The maximum absolute atomic E-state index is 14.1. The number of nitro benzene ring substituents is 1. The number of hydrogen-bond donors (Lipinski definition) is 2. The van der Waals surface area contributed by atoms with Crippen LogP contribution >= 0.6 is 0 Å². The molecule has 0 radical (unpaired) electrons. The molecule has 0 saturated heterocycles. The number of anilines is 1. The van der Waals surface area contributed by atoms with Crippen LogP contribution in [0.5, 0.6) is 0 Å². The lowest BCUT2D eigenvalue weighted by Crippen LogP contribution is -2.33. The number of sulfonamides is 1. The van der Waals surface area contributed by atoms with E-state index in [1.165, 1.54) is 37.5 Å². The first-order valence-electron chi connectivity index (χ1n) is 10.9. The highest BCUT2D eigenvalue weighted by Crippen LogP contribution is 2.30. The number of carboxylic acid groups (broad SMARTS) is 1. The van der Waals surface area contributed by atoms with E-state index in [1.54, 1.807) is 24.3 Å². The van der Waals surface area contributed by atoms with Gasteiger partial charge >= 0.3 is 5.97 Å². The highest BCUT2D eigenvalue weighted by atomic mass is 32.2. The molecule has 4 aromatic rings. The summed E-state index contributed by atoms with van der Waals surface area (Å²) >= 11 is 0. The minimum Gasteiger partial charge on any atom is -0.478 e. The topological polar surface area (TPSA) is 143 Å². The molecule has 10 nitrogen and oxygen atoms in total. The van der Waals surface area contributed by atoms with Crippen molar-refractivity contribution in [3.63, 3.8) is 0 Å². The van der Waals surface area contributed by atoms with Gasteiger partial charge in [0, 0.05) is 43.0 Å². The highest BCUT2D eigenvalue weighted by molar-refractivity contribution is 7.89. The summed E-state index contributed by atoms with van der Waals surface area (Å²) in [6.45, 7) is -0.148. The summed E-state index contributed by atoms with van der Waals surface area (Å²) in [7, 11) is -2.72. The van der Waals surface area contributed by atoms with Gasteiger partial charge in [-0.05, 0) is 54.1 Å². The Hall–Kier alpha value is -4.42. The zero-order chi connectivity index (χ0) is 26.7. The second-order valence-electron chi connectivity index (χ2n) is 8.15. The minimum atomic E-state index is -4.06. The monoisotopic (exact) mass is 524 g/mol. The lowest BCUT2D eigenvalue weighted by molar-refractivity contribution is -0.384. The Kier molecular flexibility index (Phi) is 7.14. The van der Waals surface area contributed by atoms with E-state index in [1.807, 2.05) is 0 Å². The maximum atomic E-state index is 14.1. The van der Waals surface area contributed by atoms with E-state index >= 15 is 0 Å². The van der Waals surface area contributed by atoms with Crippen molar-refractivity contribution in [3.05, 3.63) is 106 Å². The molecular weight excluding hydrogens is 503 g/mol. The highest BCUT2D eigenvalue weighted by Gasteiger charge is 2.26. The third kappa shape index (κ3) is 5.39. The van der Waals surface area contributed by atoms with Crippen molar-refractivity contribution in [2.24, 2.45) is 0 Å². The van der Waals surface area contributed by atoms with Gasteiger partial charge in [0.05, 0.1) is 26.9 Å². The maximum Gasteiger partial charge on any atom is 0.337 e. The molecule has 37 heavy (non-hydrogen) atoms. The summed E-state index contributed by atoms with van der Waals surface area (Å²) in [4.78, 5) is 26.0. The molecule has 2 N–H and O–H groups in total. The van der Waals surface area contributed by atoms with Crippen molar-refractivity contribution >= 4 is 38.3 Å². The number of fused-ring (bicyclic) bond motifs is 1. The molecule has 1 atom stereocenters. The first kappa shape index (κ1) is 25.7. The van der Waals surface area contributed by atoms with Crippen LogP contribution in [-0.4, -0.2) is 47.3 Å². The quantitative estimate of drug-likeness (QED) is 0.241. The van der Waals surface area contributed by atoms with Crippen LogP contribution in [0.4, 0.5) is 15.8 Å². The molecule has 0 spiro atoms. The van der Waals surface area contributed by atoms with Gasteiger partial charge in [-0.25, -0.2) is 17.6 Å². The molecule has 3 aromatic carbocycles. The SMILES string of the molecule is CN(CC(Nc1ccc(C(=O)O)c2ncccc12)c1cccc(F)c1)S(=O)(=O)c1ccc([N+](=O)[O-])cc1. The molecule has 0 aliphatic carbocycles. The number of hydrogen-bond acceptors (Lipinski definition) is 7. The molecule has 0 aliphatic rings. The number of aromatic nitrogens is 1. The number of halogens is 1.